The molecule has 1 aromatic heterocycles. The molecule has 126 valence electrons. The van der Waals surface area contributed by atoms with Crippen molar-refractivity contribution in [1.29, 1.82) is 0 Å². The fourth-order valence-electron chi connectivity index (χ4n) is 3.35. The van der Waals surface area contributed by atoms with Crippen molar-refractivity contribution in [2.75, 3.05) is 18.3 Å². The Hall–Kier alpha value is -2.18. The maximum Gasteiger partial charge on any atom is 0.213 e. The minimum absolute atomic E-state index is 0.0676. The molecule has 3 unspecified atom stereocenters. The summed E-state index contributed by atoms with van der Waals surface area (Å²) in [5.41, 5.74) is 1.90. The van der Waals surface area contributed by atoms with Crippen LogP contribution in [0.2, 0.25) is 0 Å². The van der Waals surface area contributed by atoms with Gasteiger partial charge in [0.15, 0.2) is 0 Å². The minimum atomic E-state index is 0.0676. The van der Waals surface area contributed by atoms with Crippen LogP contribution in [0.1, 0.15) is 25.0 Å². The molecule has 4 rings (SSSR count). The zero-order chi connectivity index (χ0) is 16.5. The maximum absolute atomic E-state index is 14.6. The van der Waals surface area contributed by atoms with E-state index in [1.165, 1.54) is 6.20 Å². The topological polar surface area (TPSA) is 46.6 Å². The number of benzene rings is 1. The Morgan fingerprint density at radius 2 is 2.04 bits per heavy atom. The number of nitrogens with zero attached hydrogens (tertiary/aromatic N) is 2. The van der Waals surface area contributed by atoms with Crippen molar-refractivity contribution >= 4 is 11.4 Å². The first-order chi connectivity index (χ1) is 11.7. The molecule has 2 aliphatic rings. The van der Waals surface area contributed by atoms with Crippen molar-refractivity contribution in [3.05, 3.63) is 48.2 Å². The van der Waals surface area contributed by atoms with Crippen molar-refractivity contribution in [1.82, 2.24) is 10.3 Å². The number of fused-ring (bicyclic) bond motifs is 2. The lowest BCUT2D eigenvalue weighted by Crippen LogP contribution is -2.33. The molecule has 1 N–H and O–H groups in total. The summed E-state index contributed by atoms with van der Waals surface area (Å²) in [5, 5.41) is 4.07. The molecular weight excluding hydrogens is 309 g/mol. The number of hydrogen-bond acceptors (Lipinski definition) is 5. The van der Waals surface area contributed by atoms with Crippen LogP contribution < -0.4 is 15.2 Å². The Bertz CT molecular complexity index is 692. The first-order valence-corrected chi connectivity index (χ1v) is 8.28. The zero-order valence-corrected chi connectivity index (χ0v) is 13.5. The van der Waals surface area contributed by atoms with Gasteiger partial charge in [-0.15, -0.1) is 0 Å². The van der Waals surface area contributed by atoms with Crippen LogP contribution in [-0.2, 0) is 4.74 Å². The van der Waals surface area contributed by atoms with Gasteiger partial charge in [0.1, 0.15) is 0 Å². The average Bonchev–Trinajstić information content (AvgIpc) is 3.26. The number of anilines is 2. The first-order valence-electron chi connectivity index (χ1n) is 8.28. The summed E-state index contributed by atoms with van der Waals surface area (Å²) < 4.78 is 25.8. The molecule has 0 aliphatic carbocycles. The minimum Gasteiger partial charge on any atom is -0.478 e. The van der Waals surface area contributed by atoms with Crippen LogP contribution in [0.4, 0.5) is 15.9 Å². The van der Waals surface area contributed by atoms with Gasteiger partial charge in [-0.1, -0.05) is 16.6 Å². The van der Waals surface area contributed by atoms with Gasteiger partial charge in [0.05, 0.1) is 36.4 Å². The van der Waals surface area contributed by atoms with E-state index in [1.54, 1.807) is 24.3 Å². The van der Waals surface area contributed by atoms with E-state index in [4.69, 9.17) is 9.47 Å². The van der Waals surface area contributed by atoms with E-state index in [9.17, 15) is 4.48 Å². The SMILES string of the molecule is CCOc1ccc(N(F)c2ccc(C3OC4CNC3C4)cc2)cn1. The molecule has 0 spiro atoms. The van der Waals surface area contributed by atoms with Crippen molar-refractivity contribution in [3.8, 4) is 5.88 Å². The summed E-state index contributed by atoms with van der Waals surface area (Å²) in [4.78, 5) is 4.09. The van der Waals surface area contributed by atoms with Gasteiger partial charge in [0, 0.05) is 18.7 Å². The summed E-state index contributed by atoms with van der Waals surface area (Å²) in [6, 6.07) is 11.1. The van der Waals surface area contributed by atoms with Crippen LogP contribution in [-0.4, -0.2) is 30.3 Å². The molecule has 0 radical (unpaired) electrons. The largest absolute Gasteiger partial charge is 0.478 e. The van der Waals surface area contributed by atoms with Crippen LogP contribution in [0.15, 0.2) is 42.6 Å². The van der Waals surface area contributed by atoms with E-state index in [-0.39, 0.29) is 6.10 Å². The van der Waals surface area contributed by atoms with Crippen LogP contribution in [0, 0.1) is 0 Å². The van der Waals surface area contributed by atoms with E-state index in [0.717, 1.165) is 18.5 Å². The molecule has 2 bridgehead atoms. The highest BCUT2D eigenvalue weighted by molar-refractivity contribution is 5.60. The van der Waals surface area contributed by atoms with Crippen molar-refractivity contribution < 1.29 is 14.0 Å². The van der Waals surface area contributed by atoms with Gasteiger partial charge in [-0.3, -0.25) is 0 Å². The van der Waals surface area contributed by atoms with Gasteiger partial charge in [0.2, 0.25) is 5.88 Å². The first kappa shape index (κ1) is 15.4. The number of morpholine rings is 1. The van der Waals surface area contributed by atoms with Gasteiger partial charge < -0.3 is 14.8 Å². The molecule has 3 atom stereocenters. The second-order valence-corrected chi connectivity index (χ2v) is 6.09. The lowest BCUT2D eigenvalue weighted by Gasteiger charge is -2.24. The van der Waals surface area contributed by atoms with E-state index >= 15 is 0 Å². The summed E-state index contributed by atoms with van der Waals surface area (Å²) in [7, 11) is 0. The van der Waals surface area contributed by atoms with Gasteiger partial charge in [0.25, 0.3) is 0 Å². The van der Waals surface area contributed by atoms with Crippen LogP contribution in [0.25, 0.3) is 0 Å². The summed E-state index contributed by atoms with van der Waals surface area (Å²) in [6.07, 6.45) is 2.90. The second kappa shape index (κ2) is 6.37. The second-order valence-electron chi connectivity index (χ2n) is 6.09. The number of pyridine rings is 1. The Morgan fingerprint density at radius 1 is 1.25 bits per heavy atom. The van der Waals surface area contributed by atoms with Gasteiger partial charge >= 0.3 is 0 Å². The monoisotopic (exact) mass is 329 g/mol. The number of rotatable bonds is 5. The van der Waals surface area contributed by atoms with Crippen LogP contribution in [0.3, 0.4) is 0 Å². The fourth-order valence-corrected chi connectivity index (χ4v) is 3.35. The lowest BCUT2D eigenvalue weighted by atomic mass is 10.0. The molecule has 24 heavy (non-hydrogen) atoms. The van der Waals surface area contributed by atoms with E-state index < -0.39 is 0 Å². The Labute approximate surface area is 140 Å². The number of ether oxygens (including phenoxy) is 2. The predicted molar refractivity (Wildman–Crippen MR) is 89.1 cm³/mol. The van der Waals surface area contributed by atoms with E-state index in [1.807, 2.05) is 19.1 Å². The van der Waals surface area contributed by atoms with E-state index in [2.05, 4.69) is 10.3 Å². The van der Waals surface area contributed by atoms with Gasteiger partial charge in [-0.25, -0.2) is 4.98 Å². The Morgan fingerprint density at radius 3 is 2.62 bits per heavy atom. The summed E-state index contributed by atoms with van der Waals surface area (Å²) in [5.74, 6) is 0.492. The van der Waals surface area contributed by atoms with Crippen LogP contribution in [0.5, 0.6) is 5.88 Å². The number of hydrogen-bond donors (Lipinski definition) is 1. The third-order valence-corrected chi connectivity index (χ3v) is 4.52. The molecule has 2 fully saturated rings. The van der Waals surface area contributed by atoms with Crippen LogP contribution >= 0.6 is 0 Å². The Kier molecular flexibility index (Phi) is 4.08. The predicted octanol–water partition coefficient (Wildman–Crippen LogP) is 3.30. The Balaban J connectivity index is 1.47. The number of halogens is 1. The normalized spacial score (nSPS) is 25.0. The molecule has 0 amide bonds. The molecule has 1 aromatic carbocycles. The lowest BCUT2D eigenvalue weighted by molar-refractivity contribution is 0.0160. The third-order valence-electron chi connectivity index (χ3n) is 4.52. The highest BCUT2D eigenvalue weighted by Gasteiger charge is 2.41. The smallest absolute Gasteiger partial charge is 0.213 e. The summed E-state index contributed by atoms with van der Waals surface area (Å²) >= 11 is 0. The fraction of sp³-hybridized carbons (Fsp3) is 0.389. The zero-order valence-electron chi connectivity index (χ0n) is 13.5. The van der Waals surface area contributed by atoms with Crippen molar-refractivity contribution in [2.45, 2.75) is 31.6 Å². The highest BCUT2D eigenvalue weighted by Crippen LogP contribution is 2.37. The molecule has 2 saturated heterocycles. The molecule has 5 nitrogen and oxygen atoms in total. The molecule has 0 saturated carbocycles. The quantitative estimate of drug-likeness (QED) is 0.853. The number of nitrogens with one attached hydrogen (secondary N) is 1. The third kappa shape index (κ3) is 2.83. The average molecular weight is 329 g/mol. The number of aromatic nitrogens is 1. The van der Waals surface area contributed by atoms with Crippen molar-refractivity contribution in [2.24, 2.45) is 0 Å². The molecule has 6 heteroatoms. The molecule has 2 aliphatic heterocycles. The van der Waals surface area contributed by atoms with Gasteiger partial charge in [-0.05, 0) is 37.1 Å². The standard InChI is InChI=1S/C18H20FN3O2/c1-2-23-17-8-7-14(10-21-17)22(19)13-5-3-12(4-6-13)18-16-9-15(24-18)11-20-16/h3-8,10,15-16,18,20H,2,9,11H2,1H3. The summed E-state index contributed by atoms with van der Waals surface area (Å²) in [6.45, 7) is 3.35. The molecule has 2 aromatic rings. The molecular formula is C18H20FN3O2. The highest BCUT2D eigenvalue weighted by atomic mass is 19.2. The maximum atomic E-state index is 14.6. The van der Waals surface area contributed by atoms with Crippen molar-refractivity contribution in [3.63, 3.8) is 0 Å². The molecule has 3 heterocycles. The van der Waals surface area contributed by atoms with E-state index in [0.29, 0.717) is 41.1 Å². The van der Waals surface area contributed by atoms with Gasteiger partial charge in [-0.2, -0.15) is 5.12 Å².